The summed E-state index contributed by atoms with van der Waals surface area (Å²) in [5.41, 5.74) is 2.90. The summed E-state index contributed by atoms with van der Waals surface area (Å²) in [6, 6.07) is 6.93. The molecule has 2 heterocycles. The van der Waals surface area contributed by atoms with Crippen LogP contribution in [-0.4, -0.2) is 39.5 Å². The lowest BCUT2D eigenvalue weighted by Crippen LogP contribution is -2.22. The van der Waals surface area contributed by atoms with Gasteiger partial charge >= 0.3 is 5.97 Å². The van der Waals surface area contributed by atoms with E-state index < -0.39 is 18.2 Å². The van der Waals surface area contributed by atoms with Crippen molar-refractivity contribution in [2.75, 3.05) is 6.61 Å². The molecule has 0 spiro atoms. The maximum Gasteiger partial charge on any atom is 0.311 e. The van der Waals surface area contributed by atoms with Crippen LogP contribution < -0.4 is 0 Å². The van der Waals surface area contributed by atoms with Gasteiger partial charge in [-0.05, 0) is 25.3 Å². The third-order valence-electron chi connectivity index (χ3n) is 4.35. The lowest BCUT2D eigenvalue weighted by molar-refractivity contribution is -0.168. The van der Waals surface area contributed by atoms with E-state index in [2.05, 4.69) is 5.10 Å². The maximum absolute atomic E-state index is 12.0. The van der Waals surface area contributed by atoms with Crippen molar-refractivity contribution in [3.8, 4) is 11.3 Å². The second kappa shape index (κ2) is 8.25. The zero-order valence-corrected chi connectivity index (χ0v) is 14.7. The van der Waals surface area contributed by atoms with E-state index in [0.717, 1.165) is 42.7 Å². The highest BCUT2D eigenvalue weighted by atomic mass is 16.7. The third kappa shape index (κ3) is 4.36. The Morgan fingerprint density at radius 1 is 1.38 bits per heavy atom. The van der Waals surface area contributed by atoms with Gasteiger partial charge in [-0.25, -0.2) is 0 Å². The second-order valence-corrected chi connectivity index (χ2v) is 6.32. The predicted molar refractivity (Wildman–Crippen MR) is 93.6 cm³/mol. The number of carboxylic acid groups (broad SMARTS) is 1. The van der Waals surface area contributed by atoms with Crippen molar-refractivity contribution in [3.05, 3.63) is 41.6 Å². The van der Waals surface area contributed by atoms with Gasteiger partial charge in [0.2, 0.25) is 0 Å². The summed E-state index contributed by atoms with van der Waals surface area (Å²) in [5, 5.41) is 13.1. The number of carboxylic acids is 1. The molecule has 1 aromatic heterocycles. The number of hydrogen-bond acceptors (Lipinski definition) is 5. The van der Waals surface area contributed by atoms with Crippen LogP contribution in [0, 0.1) is 0 Å². The van der Waals surface area contributed by atoms with E-state index in [-0.39, 0.29) is 6.29 Å². The zero-order chi connectivity index (χ0) is 18.5. The number of Topliss-reactive ketones (excluding diaryl/α,β-unsaturated/α-hetero) is 1. The molecule has 2 aromatic rings. The number of aromatic nitrogens is 2. The van der Waals surface area contributed by atoms with Gasteiger partial charge < -0.3 is 14.6 Å². The summed E-state index contributed by atoms with van der Waals surface area (Å²) in [6.07, 6.45) is 4.07. The number of nitrogens with zero attached hydrogens (tertiary/aromatic N) is 2. The van der Waals surface area contributed by atoms with Crippen LogP contribution in [0.2, 0.25) is 0 Å². The number of carbonyl (C=O) groups excluding carboxylic acids is 1. The Bertz CT molecular complexity index is 793. The molecule has 1 aliphatic heterocycles. The highest BCUT2D eigenvalue weighted by Crippen LogP contribution is 2.26. The summed E-state index contributed by atoms with van der Waals surface area (Å²) in [7, 11) is 1.82. The second-order valence-electron chi connectivity index (χ2n) is 6.32. The standard InChI is InChI=1S/C19H22N2O5/c1-21-19(14-6-4-5-13(9-14)16(22)10-17(23)24)15(11-20-21)12-26-18-7-2-3-8-25-18/h4-6,9,11,18H,2-3,7-8,10,12H2,1H3,(H,23,24). The molecule has 1 unspecified atom stereocenters. The fraction of sp³-hybridized carbons (Fsp3) is 0.421. The van der Waals surface area contributed by atoms with E-state index in [0.29, 0.717) is 12.2 Å². The van der Waals surface area contributed by atoms with Gasteiger partial charge in [0.05, 0.1) is 18.5 Å². The Hall–Kier alpha value is -2.51. The first kappa shape index (κ1) is 18.3. The van der Waals surface area contributed by atoms with Gasteiger partial charge in [0.15, 0.2) is 12.1 Å². The number of rotatable bonds is 7. The molecule has 7 heteroatoms. The highest BCUT2D eigenvalue weighted by molar-refractivity contribution is 6.06. The van der Waals surface area contributed by atoms with Crippen LogP contribution in [0.3, 0.4) is 0 Å². The molecule has 0 bridgehead atoms. The van der Waals surface area contributed by atoms with Gasteiger partial charge in [0.25, 0.3) is 0 Å². The molecule has 26 heavy (non-hydrogen) atoms. The molecule has 138 valence electrons. The first-order valence-corrected chi connectivity index (χ1v) is 8.64. The van der Waals surface area contributed by atoms with E-state index in [1.807, 2.05) is 13.1 Å². The number of benzene rings is 1. The van der Waals surface area contributed by atoms with Crippen LogP contribution in [-0.2, 0) is 27.9 Å². The Balaban J connectivity index is 1.79. The van der Waals surface area contributed by atoms with E-state index >= 15 is 0 Å². The maximum atomic E-state index is 12.0. The normalized spacial score (nSPS) is 17.2. The van der Waals surface area contributed by atoms with Crippen LogP contribution in [0.15, 0.2) is 30.5 Å². The molecule has 0 saturated carbocycles. The van der Waals surface area contributed by atoms with Crippen LogP contribution >= 0.6 is 0 Å². The summed E-state index contributed by atoms with van der Waals surface area (Å²) >= 11 is 0. The molecule has 7 nitrogen and oxygen atoms in total. The van der Waals surface area contributed by atoms with Crippen molar-refractivity contribution < 1.29 is 24.2 Å². The average Bonchev–Trinajstić information content (AvgIpc) is 3.01. The van der Waals surface area contributed by atoms with E-state index in [4.69, 9.17) is 14.6 Å². The van der Waals surface area contributed by atoms with Crippen molar-refractivity contribution in [2.45, 2.75) is 38.6 Å². The molecular weight excluding hydrogens is 336 g/mol. The molecule has 1 fully saturated rings. The first-order chi connectivity index (χ1) is 12.5. The van der Waals surface area contributed by atoms with Crippen LogP contribution in [0.1, 0.15) is 41.6 Å². The molecule has 1 aromatic carbocycles. The molecule has 1 N–H and O–H groups in total. The van der Waals surface area contributed by atoms with Gasteiger partial charge in [0.1, 0.15) is 6.42 Å². The van der Waals surface area contributed by atoms with Crippen LogP contribution in [0.4, 0.5) is 0 Å². The van der Waals surface area contributed by atoms with Crippen molar-refractivity contribution in [3.63, 3.8) is 0 Å². The van der Waals surface area contributed by atoms with Crippen molar-refractivity contribution in [1.82, 2.24) is 9.78 Å². The fourth-order valence-corrected chi connectivity index (χ4v) is 3.07. The number of ether oxygens (including phenoxy) is 2. The topological polar surface area (TPSA) is 90.7 Å². The Kier molecular flexibility index (Phi) is 5.80. The van der Waals surface area contributed by atoms with Crippen LogP contribution in [0.25, 0.3) is 11.3 Å². The highest BCUT2D eigenvalue weighted by Gasteiger charge is 2.18. The lowest BCUT2D eigenvalue weighted by Gasteiger charge is -2.22. The third-order valence-corrected chi connectivity index (χ3v) is 4.35. The SMILES string of the molecule is Cn1ncc(COC2CCCCO2)c1-c1cccc(C(=O)CC(=O)O)c1. The van der Waals surface area contributed by atoms with Crippen molar-refractivity contribution >= 4 is 11.8 Å². The lowest BCUT2D eigenvalue weighted by atomic mass is 10.0. The summed E-state index contributed by atoms with van der Waals surface area (Å²) in [6.45, 7) is 1.08. The molecule has 3 rings (SSSR count). The molecule has 1 saturated heterocycles. The minimum Gasteiger partial charge on any atom is -0.481 e. The van der Waals surface area contributed by atoms with E-state index in [1.54, 1.807) is 29.1 Å². The van der Waals surface area contributed by atoms with E-state index in [9.17, 15) is 9.59 Å². The minimum atomic E-state index is -1.14. The van der Waals surface area contributed by atoms with Gasteiger partial charge in [-0.2, -0.15) is 5.10 Å². The smallest absolute Gasteiger partial charge is 0.311 e. The van der Waals surface area contributed by atoms with Crippen LogP contribution in [0.5, 0.6) is 0 Å². The number of aliphatic carboxylic acids is 1. The summed E-state index contributed by atoms with van der Waals surface area (Å²) in [5.74, 6) is -1.56. The minimum absolute atomic E-state index is 0.194. The molecule has 1 aliphatic rings. The Morgan fingerprint density at radius 3 is 2.96 bits per heavy atom. The van der Waals surface area contributed by atoms with Gasteiger partial charge in [-0.1, -0.05) is 18.2 Å². The summed E-state index contributed by atoms with van der Waals surface area (Å²) in [4.78, 5) is 22.8. The molecule has 0 amide bonds. The predicted octanol–water partition coefficient (Wildman–Crippen LogP) is 2.79. The van der Waals surface area contributed by atoms with Crippen molar-refractivity contribution in [2.24, 2.45) is 7.05 Å². The zero-order valence-electron chi connectivity index (χ0n) is 14.7. The van der Waals surface area contributed by atoms with Gasteiger partial charge in [-0.3, -0.25) is 14.3 Å². The first-order valence-electron chi connectivity index (χ1n) is 8.64. The number of hydrogen-bond donors (Lipinski definition) is 1. The monoisotopic (exact) mass is 358 g/mol. The fourth-order valence-electron chi connectivity index (χ4n) is 3.07. The Labute approximate surface area is 151 Å². The number of aryl methyl sites for hydroxylation is 1. The van der Waals surface area contributed by atoms with E-state index in [1.165, 1.54) is 0 Å². The summed E-state index contributed by atoms with van der Waals surface area (Å²) < 4.78 is 13.2. The number of carbonyl (C=O) groups is 2. The quantitative estimate of drug-likeness (QED) is 0.604. The van der Waals surface area contributed by atoms with Crippen molar-refractivity contribution in [1.29, 1.82) is 0 Å². The average molecular weight is 358 g/mol. The Morgan fingerprint density at radius 2 is 2.23 bits per heavy atom. The largest absolute Gasteiger partial charge is 0.481 e. The molecule has 1 atom stereocenters. The van der Waals surface area contributed by atoms with Gasteiger partial charge in [-0.15, -0.1) is 0 Å². The molecule has 0 aliphatic carbocycles. The molecular formula is C19H22N2O5. The van der Waals surface area contributed by atoms with Gasteiger partial charge in [0, 0.05) is 30.3 Å². The number of ketones is 1. The molecule has 0 radical (unpaired) electrons.